The molecule has 0 aromatic carbocycles. The third-order valence-electron chi connectivity index (χ3n) is 2.31. The quantitative estimate of drug-likeness (QED) is 0.505. The first kappa shape index (κ1) is 5.62. The van der Waals surface area contributed by atoms with Crippen LogP contribution in [0.2, 0.25) is 0 Å². The van der Waals surface area contributed by atoms with Gasteiger partial charge in [0.25, 0.3) is 0 Å². The third-order valence-corrected chi connectivity index (χ3v) is 2.31. The molecular formula is C7H11N. The Morgan fingerprint density at radius 2 is 2.38 bits per heavy atom. The van der Waals surface area contributed by atoms with E-state index < -0.39 is 0 Å². The van der Waals surface area contributed by atoms with Gasteiger partial charge in [0.15, 0.2) is 0 Å². The maximum atomic E-state index is 8.58. The lowest BCUT2D eigenvalue weighted by Crippen LogP contribution is -1.94. The van der Waals surface area contributed by atoms with Gasteiger partial charge in [0, 0.05) is 0 Å². The van der Waals surface area contributed by atoms with E-state index in [1.807, 2.05) is 0 Å². The SMILES string of the molecule is CCC1(C#N)CC1C. The molecule has 1 rings (SSSR count). The monoisotopic (exact) mass is 109 g/mol. The molecular weight excluding hydrogens is 98.1 g/mol. The highest BCUT2D eigenvalue weighted by Gasteiger charge is 2.49. The first-order valence-electron chi connectivity index (χ1n) is 3.16. The predicted octanol–water partition coefficient (Wildman–Crippen LogP) is 1.95. The molecule has 1 aliphatic rings. The zero-order valence-electron chi connectivity index (χ0n) is 5.44. The highest BCUT2D eigenvalue weighted by Crippen LogP contribution is 2.53. The summed E-state index contributed by atoms with van der Waals surface area (Å²) in [6.45, 7) is 4.24. The molecule has 0 heterocycles. The zero-order valence-corrected chi connectivity index (χ0v) is 5.44. The molecule has 1 heteroatoms. The number of hydrogen-bond acceptors (Lipinski definition) is 1. The Morgan fingerprint density at radius 1 is 1.88 bits per heavy atom. The van der Waals surface area contributed by atoms with Gasteiger partial charge in [0.1, 0.15) is 0 Å². The Hall–Kier alpha value is -0.510. The zero-order chi connectivity index (χ0) is 6.20. The minimum atomic E-state index is 0.0972. The van der Waals surface area contributed by atoms with E-state index in [1.165, 1.54) is 0 Å². The fourth-order valence-corrected chi connectivity index (χ4v) is 1.22. The smallest absolute Gasteiger partial charge is 0.0692 e. The molecule has 0 radical (unpaired) electrons. The van der Waals surface area contributed by atoms with Crippen molar-refractivity contribution in [2.45, 2.75) is 26.7 Å². The van der Waals surface area contributed by atoms with Crippen LogP contribution in [0.5, 0.6) is 0 Å². The van der Waals surface area contributed by atoms with E-state index in [9.17, 15) is 0 Å². The second kappa shape index (κ2) is 1.48. The summed E-state index contributed by atoms with van der Waals surface area (Å²) in [5.41, 5.74) is 0.0972. The van der Waals surface area contributed by atoms with Crippen LogP contribution in [-0.2, 0) is 0 Å². The van der Waals surface area contributed by atoms with E-state index in [4.69, 9.17) is 5.26 Å². The van der Waals surface area contributed by atoms with Gasteiger partial charge in [-0.15, -0.1) is 0 Å². The first-order chi connectivity index (χ1) is 3.75. The van der Waals surface area contributed by atoms with Crippen molar-refractivity contribution in [3.63, 3.8) is 0 Å². The van der Waals surface area contributed by atoms with E-state index >= 15 is 0 Å². The van der Waals surface area contributed by atoms with Crippen molar-refractivity contribution in [1.29, 1.82) is 5.26 Å². The molecule has 0 aromatic rings. The molecule has 44 valence electrons. The Kier molecular flexibility index (Phi) is 1.04. The van der Waals surface area contributed by atoms with Gasteiger partial charge in [-0.25, -0.2) is 0 Å². The van der Waals surface area contributed by atoms with Crippen molar-refractivity contribution in [2.75, 3.05) is 0 Å². The Bertz CT molecular complexity index is 130. The summed E-state index contributed by atoms with van der Waals surface area (Å²) in [6, 6.07) is 2.35. The van der Waals surface area contributed by atoms with E-state index in [0.717, 1.165) is 12.8 Å². The summed E-state index contributed by atoms with van der Waals surface area (Å²) in [5.74, 6) is 0.664. The van der Waals surface area contributed by atoms with Crippen LogP contribution < -0.4 is 0 Å². The van der Waals surface area contributed by atoms with Crippen LogP contribution in [-0.4, -0.2) is 0 Å². The van der Waals surface area contributed by atoms with Gasteiger partial charge in [-0.3, -0.25) is 0 Å². The molecule has 0 saturated heterocycles. The van der Waals surface area contributed by atoms with Gasteiger partial charge in [-0.1, -0.05) is 13.8 Å². The number of nitrogens with zero attached hydrogens (tertiary/aromatic N) is 1. The number of hydrogen-bond donors (Lipinski definition) is 0. The van der Waals surface area contributed by atoms with Gasteiger partial charge < -0.3 is 0 Å². The molecule has 0 aliphatic heterocycles. The van der Waals surface area contributed by atoms with Crippen LogP contribution in [0.4, 0.5) is 0 Å². The molecule has 1 aliphatic carbocycles. The summed E-state index contributed by atoms with van der Waals surface area (Å²) in [5, 5.41) is 8.58. The molecule has 0 amide bonds. The van der Waals surface area contributed by atoms with Gasteiger partial charge in [0.2, 0.25) is 0 Å². The highest BCUT2D eigenvalue weighted by molar-refractivity contribution is 5.13. The fourth-order valence-electron chi connectivity index (χ4n) is 1.22. The molecule has 1 nitrogen and oxygen atoms in total. The lowest BCUT2D eigenvalue weighted by molar-refractivity contribution is 0.583. The summed E-state index contributed by atoms with van der Waals surface area (Å²) in [4.78, 5) is 0. The van der Waals surface area contributed by atoms with Crippen LogP contribution in [0.1, 0.15) is 26.7 Å². The largest absolute Gasteiger partial charge is 0.198 e. The van der Waals surface area contributed by atoms with Crippen LogP contribution in [0.15, 0.2) is 0 Å². The molecule has 1 saturated carbocycles. The Morgan fingerprint density at radius 3 is 2.38 bits per heavy atom. The van der Waals surface area contributed by atoms with Crippen molar-refractivity contribution < 1.29 is 0 Å². The maximum Gasteiger partial charge on any atom is 0.0692 e. The maximum absolute atomic E-state index is 8.58. The van der Waals surface area contributed by atoms with Crippen molar-refractivity contribution in [3.8, 4) is 6.07 Å². The molecule has 8 heavy (non-hydrogen) atoms. The fraction of sp³-hybridized carbons (Fsp3) is 0.857. The van der Waals surface area contributed by atoms with Crippen LogP contribution in [0, 0.1) is 22.7 Å². The second-order valence-corrected chi connectivity index (χ2v) is 2.73. The average molecular weight is 109 g/mol. The number of rotatable bonds is 1. The molecule has 2 unspecified atom stereocenters. The molecule has 0 aromatic heterocycles. The van der Waals surface area contributed by atoms with Crippen molar-refractivity contribution >= 4 is 0 Å². The predicted molar refractivity (Wildman–Crippen MR) is 32.1 cm³/mol. The standard InChI is InChI=1S/C7H11N/c1-3-7(5-8)4-6(7)2/h6H,3-4H2,1-2H3. The average Bonchev–Trinajstić information content (AvgIpc) is 2.43. The van der Waals surface area contributed by atoms with Crippen LogP contribution in [0.25, 0.3) is 0 Å². The second-order valence-electron chi connectivity index (χ2n) is 2.73. The van der Waals surface area contributed by atoms with Crippen molar-refractivity contribution in [2.24, 2.45) is 11.3 Å². The first-order valence-corrected chi connectivity index (χ1v) is 3.16. The topological polar surface area (TPSA) is 23.8 Å². The van der Waals surface area contributed by atoms with E-state index in [-0.39, 0.29) is 5.41 Å². The van der Waals surface area contributed by atoms with Crippen LogP contribution in [0.3, 0.4) is 0 Å². The minimum Gasteiger partial charge on any atom is -0.198 e. The van der Waals surface area contributed by atoms with Crippen LogP contribution >= 0.6 is 0 Å². The molecule has 2 atom stereocenters. The summed E-state index contributed by atoms with van der Waals surface area (Å²) >= 11 is 0. The van der Waals surface area contributed by atoms with E-state index in [1.54, 1.807) is 0 Å². The van der Waals surface area contributed by atoms with Gasteiger partial charge in [0.05, 0.1) is 11.5 Å². The molecule has 0 spiro atoms. The Labute approximate surface area is 50.3 Å². The van der Waals surface area contributed by atoms with Gasteiger partial charge in [-0.05, 0) is 18.8 Å². The van der Waals surface area contributed by atoms with E-state index in [0.29, 0.717) is 5.92 Å². The highest BCUT2D eigenvalue weighted by atomic mass is 14.5. The lowest BCUT2D eigenvalue weighted by Gasteiger charge is -1.97. The van der Waals surface area contributed by atoms with Crippen molar-refractivity contribution in [1.82, 2.24) is 0 Å². The summed E-state index contributed by atoms with van der Waals surface area (Å²) in [7, 11) is 0. The summed E-state index contributed by atoms with van der Waals surface area (Å²) in [6.07, 6.45) is 2.16. The third kappa shape index (κ3) is 0.527. The summed E-state index contributed by atoms with van der Waals surface area (Å²) < 4.78 is 0. The molecule has 1 fully saturated rings. The minimum absolute atomic E-state index is 0.0972. The normalized spacial score (nSPS) is 43.4. The van der Waals surface area contributed by atoms with Crippen molar-refractivity contribution in [3.05, 3.63) is 0 Å². The van der Waals surface area contributed by atoms with Gasteiger partial charge >= 0.3 is 0 Å². The molecule has 0 bridgehead atoms. The molecule has 0 N–H and O–H groups in total. The lowest BCUT2D eigenvalue weighted by atomic mass is 10.0. The van der Waals surface area contributed by atoms with E-state index in [2.05, 4.69) is 19.9 Å². The Balaban J connectivity index is 2.56. The van der Waals surface area contributed by atoms with Gasteiger partial charge in [-0.2, -0.15) is 5.26 Å². The number of nitriles is 1.